The summed E-state index contributed by atoms with van der Waals surface area (Å²) in [4.78, 5) is 44.4. The zero-order valence-corrected chi connectivity index (χ0v) is 11.7. The monoisotopic (exact) mass is 290 g/mol. The number of carboxylic acids is 1. The van der Waals surface area contributed by atoms with Crippen LogP contribution in [0.2, 0.25) is 0 Å². The predicted octanol–water partition coefficient (Wildman–Crippen LogP) is 0.276. The molecule has 8 nitrogen and oxygen atoms in total. The lowest BCUT2D eigenvalue weighted by atomic mass is 10.3. The maximum Gasteiger partial charge on any atom is 0.347 e. The molecule has 0 saturated carbocycles. The molecule has 0 aliphatic carbocycles. The molecule has 3 atom stereocenters. The van der Waals surface area contributed by atoms with Gasteiger partial charge >= 0.3 is 23.9 Å². The van der Waals surface area contributed by atoms with Crippen LogP contribution in [0.3, 0.4) is 0 Å². The average molecular weight is 290 g/mol. The van der Waals surface area contributed by atoms with Gasteiger partial charge in [-0.2, -0.15) is 0 Å². The first-order valence-corrected chi connectivity index (χ1v) is 6.02. The van der Waals surface area contributed by atoms with Gasteiger partial charge < -0.3 is 19.3 Å². The van der Waals surface area contributed by atoms with Gasteiger partial charge in [0, 0.05) is 6.42 Å². The van der Waals surface area contributed by atoms with Crippen molar-refractivity contribution >= 4 is 23.9 Å². The van der Waals surface area contributed by atoms with Crippen LogP contribution < -0.4 is 0 Å². The Morgan fingerprint density at radius 2 is 1.25 bits per heavy atom. The van der Waals surface area contributed by atoms with Crippen LogP contribution in [-0.2, 0) is 33.4 Å². The van der Waals surface area contributed by atoms with E-state index < -0.39 is 42.2 Å². The number of carbonyl (C=O) groups is 4. The Kier molecular flexibility index (Phi) is 7.27. The minimum atomic E-state index is -1.35. The van der Waals surface area contributed by atoms with Gasteiger partial charge in [-0.25, -0.2) is 14.4 Å². The van der Waals surface area contributed by atoms with E-state index in [1.807, 2.05) is 0 Å². The van der Waals surface area contributed by atoms with E-state index in [1.165, 1.54) is 20.8 Å². The Morgan fingerprint density at radius 3 is 1.65 bits per heavy atom. The van der Waals surface area contributed by atoms with Crippen molar-refractivity contribution in [2.24, 2.45) is 0 Å². The van der Waals surface area contributed by atoms with Crippen molar-refractivity contribution in [1.29, 1.82) is 0 Å². The Balaban J connectivity index is 4.34. The number of carboxylic acid groups (broad SMARTS) is 1. The van der Waals surface area contributed by atoms with Gasteiger partial charge in [0.15, 0.2) is 18.3 Å². The second kappa shape index (κ2) is 8.13. The smallest absolute Gasteiger partial charge is 0.347 e. The molecular weight excluding hydrogens is 272 g/mol. The minimum Gasteiger partial charge on any atom is -0.479 e. The topological polar surface area (TPSA) is 116 Å². The molecule has 0 spiro atoms. The van der Waals surface area contributed by atoms with Crippen LogP contribution in [0, 0.1) is 0 Å². The molecule has 114 valence electrons. The average Bonchev–Trinajstić information content (AvgIpc) is 2.37. The van der Waals surface area contributed by atoms with E-state index in [0.29, 0.717) is 0 Å². The summed E-state index contributed by atoms with van der Waals surface area (Å²) >= 11 is 0. The summed E-state index contributed by atoms with van der Waals surface area (Å²) in [5.41, 5.74) is 0. The maximum atomic E-state index is 11.5. The summed E-state index contributed by atoms with van der Waals surface area (Å²) in [6, 6.07) is 0. The molecule has 0 aliphatic rings. The molecule has 0 aromatic heterocycles. The third kappa shape index (κ3) is 6.17. The molecule has 0 radical (unpaired) electrons. The van der Waals surface area contributed by atoms with Crippen molar-refractivity contribution in [3.05, 3.63) is 0 Å². The fourth-order valence-electron chi connectivity index (χ4n) is 0.967. The molecule has 20 heavy (non-hydrogen) atoms. The largest absolute Gasteiger partial charge is 0.479 e. The van der Waals surface area contributed by atoms with Crippen LogP contribution in [-0.4, -0.2) is 47.3 Å². The van der Waals surface area contributed by atoms with E-state index in [9.17, 15) is 19.2 Å². The van der Waals surface area contributed by atoms with Crippen LogP contribution in [0.1, 0.15) is 34.1 Å². The van der Waals surface area contributed by atoms with Crippen LogP contribution in [0.4, 0.5) is 0 Å². The van der Waals surface area contributed by atoms with Gasteiger partial charge in [-0.05, 0) is 20.8 Å². The molecule has 8 heteroatoms. The van der Waals surface area contributed by atoms with Crippen LogP contribution >= 0.6 is 0 Å². The predicted molar refractivity (Wildman–Crippen MR) is 64.6 cm³/mol. The Bertz CT molecular complexity index is 389. The highest BCUT2D eigenvalue weighted by molar-refractivity contribution is 5.84. The van der Waals surface area contributed by atoms with Crippen LogP contribution in [0.5, 0.6) is 0 Å². The first kappa shape index (κ1) is 17.9. The molecule has 0 amide bonds. The van der Waals surface area contributed by atoms with Crippen molar-refractivity contribution in [3.63, 3.8) is 0 Å². The number of carbonyl (C=O) groups excluding carboxylic acids is 3. The first-order valence-electron chi connectivity index (χ1n) is 6.02. The summed E-state index contributed by atoms with van der Waals surface area (Å²) in [5, 5.41) is 8.57. The zero-order chi connectivity index (χ0) is 15.9. The second-order valence-electron chi connectivity index (χ2n) is 3.98. The third-order valence-electron chi connectivity index (χ3n) is 2.19. The third-order valence-corrected chi connectivity index (χ3v) is 2.19. The molecule has 0 fully saturated rings. The molecule has 0 bridgehead atoms. The zero-order valence-electron chi connectivity index (χ0n) is 11.7. The fraction of sp³-hybridized carbons (Fsp3) is 0.667. The van der Waals surface area contributed by atoms with Crippen molar-refractivity contribution < 1.29 is 38.5 Å². The summed E-state index contributed by atoms with van der Waals surface area (Å²) in [6.07, 6.45) is -3.70. The number of aliphatic carboxylic acids is 1. The summed E-state index contributed by atoms with van der Waals surface area (Å²) in [5.74, 6) is -3.81. The Morgan fingerprint density at radius 1 is 0.850 bits per heavy atom. The van der Waals surface area contributed by atoms with E-state index in [0.717, 1.165) is 0 Å². The molecule has 0 unspecified atom stereocenters. The number of hydrogen-bond donors (Lipinski definition) is 1. The molecule has 0 heterocycles. The fourth-order valence-corrected chi connectivity index (χ4v) is 0.967. The highest BCUT2D eigenvalue weighted by Crippen LogP contribution is 2.04. The second-order valence-corrected chi connectivity index (χ2v) is 3.98. The van der Waals surface area contributed by atoms with E-state index in [2.05, 4.69) is 4.74 Å². The van der Waals surface area contributed by atoms with Crippen molar-refractivity contribution in [3.8, 4) is 0 Å². The van der Waals surface area contributed by atoms with Gasteiger partial charge in [-0.1, -0.05) is 6.92 Å². The number of esters is 3. The van der Waals surface area contributed by atoms with Crippen molar-refractivity contribution in [2.45, 2.75) is 52.4 Å². The number of hydrogen-bond acceptors (Lipinski definition) is 7. The van der Waals surface area contributed by atoms with Crippen LogP contribution in [0.25, 0.3) is 0 Å². The molecular formula is C12H18O8. The summed E-state index contributed by atoms with van der Waals surface area (Å²) < 4.78 is 14.0. The lowest BCUT2D eigenvalue weighted by Gasteiger charge is -2.17. The number of rotatable bonds is 7. The van der Waals surface area contributed by atoms with Gasteiger partial charge in [0.05, 0.1) is 0 Å². The normalized spacial score (nSPS) is 14.6. The van der Waals surface area contributed by atoms with Crippen LogP contribution in [0.15, 0.2) is 0 Å². The Hall–Kier alpha value is -2.12. The standard InChI is InChI=1S/C12H18O8/c1-5-9(13)18-7(3)11(16)20-8(4)12(17)19-6(2)10(14)15/h6-8H,5H2,1-4H3,(H,14,15)/t6-,7-,8+/m0/s1. The van der Waals surface area contributed by atoms with Crippen molar-refractivity contribution in [1.82, 2.24) is 0 Å². The summed E-state index contributed by atoms with van der Waals surface area (Å²) in [7, 11) is 0. The lowest BCUT2D eigenvalue weighted by Crippen LogP contribution is -2.35. The summed E-state index contributed by atoms with van der Waals surface area (Å²) in [6.45, 7) is 5.26. The quantitative estimate of drug-likeness (QED) is 0.525. The molecule has 0 aliphatic heterocycles. The molecule has 0 rings (SSSR count). The highest BCUT2D eigenvalue weighted by Gasteiger charge is 2.27. The Labute approximate surface area is 116 Å². The molecule has 1 N–H and O–H groups in total. The van der Waals surface area contributed by atoms with Gasteiger partial charge in [-0.3, -0.25) is 4.79 Å². The lowest BCUT2D eigenvalue weighted by molar-refractivity contribution is -0.181. The molecule has 0 aromatic carbocycles. The van der Waals surface area contributed by atoms with E-state index >= 15 is 0 Å². The highest BCUT2D eigenvalue weighted by atomic mass is 16.6. The van der Waals surface area contributed by atoms with E-state index in [1.54, 1.807) is 6.92 Å². The maximum absolute atomic E-state index is 11.5. The minimum absolute atomic E-state index is 0.103. The molecule has 0 saturated heterocycles. The molecule has 0 aromatic rings. The van der Waals surface area contributed by atoms with Crippen molar-refractivity contribution in [2.75, 3.05) is 0 Å². The van der Waals surface area contributed by atoms with Gasteiger partial charge in [0.1, 0.15) is 0 Å². The van der Waals surface area contributed by atoms with Gasteiger partial charge in [0.2, 0.25) is 0 Å². The SMILES string of the molecule is CCC(=O)O[C@@H](C)C(=O)O[C@H](C)C(=O)O[C@@H](C)C(=O)O. The first-order chi connectivity index (χ1) is 9.18. The number of ether oxygens (including phenoxy) is 3. The van der Waals surface area contributed by atoms with Gasteiger partial charge in [-0.15, -0.1) is 0 Å². The van der Waals surface area contributed by atoms with E-state index in [-0.39, 0.29) is 6.42 Å². The van der Waals surface area contributed by atoms with Gasteiger partial charge in [0.25, 0.3) is 0 Å². The van der Waals surface area contributed by atoms with E-state index in [4.69, 9.17) is 14.6 Å².